The van der Waals surface area contributed by atoms with Gasteiger partial charge in [0.2, 0.25) is 0 Å². The van der Waals surface area contributed by atoms with Crippen LogP contribution in [0.15, 0.2) is 0 Å². The SMILES string of the molecule is CCOCCCNCC1CCC(Cl)C1. The fourth-order valence-electron chi connectivity index (χ4n) is 1.95. The molecule has 2 nitrogen and oxygen atoms in total. The summed E-state index contributed by atoms with van der Waals surface area (Å²) in [7, 11) is 0. The van der Waals surface area contributed by atoms with Crippen LogP contribution in [0.1, 0.15) is 32.6 Å². The predicted octanol–water partition coefficient (Wildman–Crippen LogP) is 2.41. The molecule has 1 aliphatic carbocycles. The smallest absolute Gasteiger partial charge is 0.0477 e. The van der Waals surface area contributed by atoms with Crippen LogP contribution in [0.5, 0.6) is 0 Å². The third-order valence-corrected chi connectivity index (χ3v) is 3.15. The first-order chi connectivity index (χ1) is 6.83. The molecule has 0 saturated heterocycles. The van der Waals surface area contributed by atoms with Crippen molar-refractivity contribution in [3.63, 3.8) is 0 Å². The van der Waals surface area contributed by atoms with Gasteiger partial charge in [-0.15, -0.1) is 11.6 Å². The van der Waals surface area contributed by atoms with Crippen molar-refractivity contribution in [3.8, 4) is 0 Å². The molecular formula is C11H22ClNO. The maximum Gasteiger partial charge on any atom is 0.0477 e. The molecule has 0 aliphatic heterocycles. The summed E-state index contributed by atoms with van der Waals surface area (Å²) in [6.45, 7) is 5.95. The summed E-state index contributed by atoms with van der Waals surface area (Å²) in [6.07, 6.45) is 4.81. The normalized spacial score (nSPS) is 27.0. The summed E-state index contributed by atoms with van der Waals surface area (Å²) >= 11 is 6.04. The topological polar surface area (TPSA) is 21.3 Å². The van der Waals surface area contributed by atoms with E-state index in [4.69, 9.17) is 16.3 Å². The lowest BCUT2D eigenvalue weighted by atomic mass is 10.1. The number of halogens is 1. The molecule has 1 rings (SSSR count). The van der Waals surface area contributed by atoms with Crippen LogP contribution in [0.3, 0.4) is 0 Å². The van der Waals surface area contributed by atoms with Crippen molar-refractivity contribution in [1.82, 2.24) is 5.32 Å². The molecule has 3 heteroatoms. The first-order valence-electron chi connectivity index (χ1n) is 5.75. The van der Waals surface area contributed by atoms with Gasteiger partial charge in [0.25, 0.3) is 0 Å². The zero-order valence-corrected chi connectivity index (χ0v) is 9.85. The third kappa shape index (κ3) is 5.18. The van der Waals surface area contributed by atoms with E-state index in [1.54, 1.807) is 0 Å². The maximum absolute atomic E-state index is 6.04. The van der Waals surface area contributed by atoms with E-state index in [1.165, 1.54) is 19.3 Å². The molecule has 1 N–H and O–H groups in total. The molecule has 0 heterocycles. The Bertz CT molecular complexity index is 143. The zero-order valence-electron chi connectivity index (χ0n) is 9.10. The van der Waals surface area contributed by atoms with Crippen LogP contribution in [0.2, 0.25) is 0 Å². The van der Waals surface area contributed by atoms with Gasteiger partial charge in [-0.2, -0.15) is 0 Å². The first kappa shape index (κ1) is 12.3. The van der Waals surface area contributed by atoms with Crippen LogP contribution in [0.25, 0.3) is 0 Å². The molecule has 14 heavy (non-hydrogen) atoms. The molecule has 84 valence electrons. The van der Waals surface area contributed by atoms with Crippen molar-refractivity contribution in [1.29, 1.82) is 0 Å². The second-order valence-corrected chi connectivity index (χ2v) is 4.65. The lowest BCUT2D eigenvalue weighted by Gasteiger charge is -2.10. The average Bonchev–Trinajstić information content (AvgIpc) is 2.58. The highest BCUT2D eigenvalue weighted by Gasteiger charge is 2.21. The van der Waals surface area contributed by atoms with E-state index in [-0.39, 0.29) is 0 Å². The molecule has 1 aliphatic rings. The average molecular weight is 220 g/mol. The lowest BCUT2D eigenvalue weighted by Crippen LogP contribution is -2.23. The van der Waals surface area contributed by atoms with Gasteiger partial charge in [-0.25, -0.2) is 0 Å². The van der Waals surface area contributed by atoms with E-state index < -0.39 is 0 Å². The van der Waals surface area contributed by atoms with E-state index >= 15 is 0 Å². The Kier molecular flexibility index (Phi) is 6.57. The van der Waals surface area contributed by atoms with Crippen molar-refractivity contribution in [3.05, 3.63) is 0 Å². The van der Waals surface area contributed by atoms with Gasteiger partial charge in [-0.1, -0.05) is 0 Å². The second-order valence-electron chi connectivity index (χ2n) is 4.03. The molecule has 1 saturated carbocycles. The van der Waals surface area contributed by atoms with Crippen LogP contribution in [-0.4, -0.2) is 31.7 Å². The van der Waals surface area contributed by atoms with Gasteiger partial charge in [-0.05, 0) is 51.6 Å². The van der Waals surface area contributed by atoms with E-state index in [9.17, 15) is 0 Å². The molecule has 2 atom stereocenters. The Labute approximate surface area is 92.3 Å². The van der Waals surface area contributed by atoms with Crippen molar-refractivity contribution < 1.29 is 4.74 Å². The number of hydrogen-bond donors (Lipinski definition) is 1. The molecule has 0 aromatic carbocycles. The molecule has 0 bridgehead atoms. The number of rotatable bonds is 7. The van der Waals surface area contributed by atoms with Crippen LogP contribution in [0, 0.1) is 5.92 Å². The summed E-state index contributed by atoms with van der Waals surface area (Å²) in [6, 6.07) is 0. The van der Waals surface area contributed by atoms with Crippen LogP contribution in [-0.2, 0) is 4.74 Å². The van der Waals surface area contributed by atoms with Gasteiger partial charge < -0.3 is 10.1 Å². The van der Waals surface area contributed by atoms with Crippen LogP contribution < -0.4 is 5.32 Å². The Morgan fingerprint density at radius 1 is 1.43 bits per heavy atom. The minimum Gasteiger partial charge on any atom is -0.382 e. The Balaban J connectivity index is 1.84. The van der Waals surface area contributed by atoms with Gasteiger partial charge in [0, 0.05) is 18.6 Å². The van der Waals surface area contributed by atoms with Gasteiger partial charge in [0.1, 0.15) is 0 Å². The molecular weight excluding hydrogens is 198 g/mol. The third-order valence-electron chi connectivity index (χ3n) is 2.76. The second kappa shape index (κ2) is 7.49. The lowest BCUT2D eigenvalue weighted by molar-refractivity contribution is 0.144. The summed E-state index contributed by atoms with van der Waals surface area (Å²) in [5, 5.41) is 3.90. The molecule has 0 amide bonds. The predicted molar refractivity (Wildman–Crippen MR) is 61.0 cm³/mol. The van der Waals surface area contributed by atoms with Crippen LogP contribution >= 0.6 is 11.6 Å². The number of nitrogens with one attached hydrogen (secondary N) is 1. The highest BCUT2D eigenvalue weighted by molar-refractivity contribution is 6.20. The van der Waals surface area contributed by atoms with Gasteiger partial charge >= 0.3 is 0 Å². The zero-order chi connectivity index (χ0) is 10.2. The quantitative estimate of drug-likeness (QED) is 0.525. The van der Waals surface area contributed by atoms with Crippen molar-refractivity contribution in [2.75, 3.05) is 26.3 Å². The highest BCUT2D eigenvalue weighted by atomic mass is 35.5. The minimum absolute atomic E-state index is 0.435. The summed E-state index contributed by atoms with van der Waals surface area (Å²) in [5.41, 5.74) is 0. The summed E-state index contributed by atoms with van der Waals surface area (Å²) in [4.78, 5) is 0. The van der Waals surface area contributed by atoms with Gasteiger partial charge in [0.05, 0.1) is 0 Å². The first-order valence-corrected chi connectivity index (χ1v) is 6.19. The summed E-state index contributed by atoms with van der Waals surface area (Å²) < 4.78 is 5.26. The largest absolute Gasteiger partial charge is 0.382 e. The van der Waals surface area contributed by atoms with Gasteiger partial charge in [-0.3, -0.25) is 0 Å². The number of hydrogen-bond acceptors (Lipinski definition) is 2. The summed E-state index contributed by atoms with van der Waals surface area (Å²) in [5.74, 6) is 0.810. The molecule has 0 radical (unpaired) electrons. The molecule has 0 aromatic rings. The standard InChI is InChI=1S/C11H22ClNO/c1-2-14-7-3-6-13-9-10-4-5-11(12)8-10/h10-11,13H,2-9H2,1H3. The molecule has 0 spiro atoms. The fraction of sp³-hybridized carbons (Fsp3) is 1.00. The maximum atomic E-state index is 6.04. The van der Waals surface area contributed by atoms with Crippen molar-refractivity contribution >= 4 is 11.6 Å². The van der Waals surface area contributed by atoms with Crippen molar-refractivity contribution in [2.24, 2.45) is 5.92 Å². The van der Waals surface area contributed by atoms with Crippen LogP contribution in [0.4, 0.5) is 0 Å². The molecule has 1 fully saturated rings. The van der Waals surface area contributed by atoms with E-state index in [1.807, 2.05) is 6.92 Å². The Hall–Kier alpha value is 0.210. The van der Waals surface area contributed by atoms with Gasteiger partial charge in [0.15, 0.2) is 0 Å². The van der Waals surface area contributed by atoms with E-state index in [2.05, 4.69) is 5.32 Å². The van der Waals surface area contributed by atoms with E-state index in [0.29, 0.717) is 5.38 Å². The highest BCUT2D eigenvalue weighted by Crippen LogP contribution is 2.28. The number of ether oxygens (including phenoxy) is 1. The van der Waals surface area contributed by atoms with Crippen molar-refractivity contribution in [2.45, 2.75) is 38.0 Å². The number of alkyl halides is 1. The van der Waals surface area contributed by atoms with E-state index in [0.717, 1.165) is 38.6 Å². The Morgan fingerprint density at radius 2 is 2.29 bits per heavy atom. The minimum atomic E-state index is 0.435. The molecule has 2 unspecified atom stereocenters. The monoisotopic (exact) mass is 219 g/mol. The fourth-order valence-corrected chi connectivity index (χ4v) is 2.33. The Morgan fingerprint density at radius 3 is 2.93 bits per heavy atom. The molecule has 0 aromatic heterocycles.